The third-order valence-electron chi connectivity index (χ3n) is 11.2. The second-order valence-electron chi connectivity index (χ2n) is 22.6. The summed E-state index contributed by atoms with van der Waals surface area (Å²) in [4.78, 5) is 0. The molecule has 0 radical (unpaired) electrons. The van der Waals surface area contributed by atoms with E-state index in [0.717, 1.165) is 6.42 Å². The topological polar surface area (TPSA) is 0 Å². The summed E-state index contributed by atoms with van der Waals surface area (Å²) in [6.07, 6.45) is 0.750. The molecule has 0 amide bonds. The average Bonchev–Trinajstić information content (AvgIpc) is 3.73. The van der Waals surface area contributed by atoms with E-state index in [-0.39, 0.29) is 83.1 Å². The summed E-state index contributed by atoms with van der Waals surface area (Å²) < 4.78 is 0. The normalized spacial score (nSPS) is 12.3. The molecule has 0 aromatic heterocycles. The number of benzene rings is 4. The molecule has 0 saturated heterocycles. The third-order valence-corrected chi connectivity index (χ3v) is 11.2. The van der Waals surface area contributed by atoms with Gasteiger partial charge in [0.1, 0.15) is 0 Å². The Morgan fingerprint density at radius 2 is 0.633 bits per heavy atom. The van der Waals surface area contributed by atoms with Gasteiger partial charge in [0.05, 0.1) is 0 Å². The van der Waals surface area contributed by atoms with Crippen LogP contribution in [0.25, 0.3) is 43.8 Å². The fourth-order valence-electron chi connectivity index (χ4n) is 7.14. The van der Waals surface area contributed by atoms with E-state index >= 15 is 0 Å². The molecule has 6 aromatic carbocycles. The van der Waals surface area contributed by atoms with E-state index in [1.165, 1.54) is 77.2 Å². The van der Waals surface area contributed by atoms with Gasteiger partial charge in [-0.2, -0.15) is 12.1 Å². The van der Waals surface area contributed by atoms with Crippen LogP contribution in [0.3, 0.4) is 0 Å². The van der Waals surface area contributed by atoms with Gasteiger partial charge in [0.2, 0.25) is 0 Å². The largest absolute Gasteiger partial charge is 4.00 e. The Labute approximate surface area is 399 Å². The molecule has 0 N–H and O–H groups in total. The first kappa shape index (κ1) is 55.6. The third kappa shape index (κ3) is 13.8. The maximum Gasteiger partial charge on any atom is 4.00 e. The van der Waals surface area contributed by atoms with Crippen molar-refractivity contribution in [3.05, 3.63) is 144 Å². The molecule has 0 aliphatic rings. The molecule has 0 atom stereocenters. The molecule has 0 saturated carbocycles. The van der Waals surface area contributed by atoms with Crippen molar-refractivity contribution in [1.82, 2.24) is 0 Å². The summed E-state index contributed by atoms with van der Waals surface area (Å²) in [5.74, 6) is 0. The van der Waals surface area contributed by atoms with Crippen LogP contribution in [0, 0.1) is 13.8 Å². The van der Waals surface area contributed by atoms with Crippen molar-refractivity contribution in [3.63, 3.8) is 0 Å². The summed E-state index contributed by atoms with van der Waals surface area (Å²) in [5.41, 5.74) is 14.7. The Morgan fingerprint density at radius 1 is 0.383 bits per heavy atom. The first-order valence-electron chi connectivity index (χ1n) is 21.3. The van der Waals surface area contributed by atoms with Gasteiger partial charge in [-0.25, -0.2) is 0 Å². The molecule has 0 aliphatic carbocycles. The summed E-state index contributed by atoms with van der Waals surface area (Å²) in [6, 6.07) is 37.3. The minimum Gasteiger partial charge on any atom is -0.372 e. The van der Waals surface area contributed by atoms with Crippen LogP contribution in [0.5, 0.6) is 0 Å². The molecule has 0 unspecified atom stereocenters. The number of fused-ring (bicyclic) bond motifs is 2. The Morgan fingerprint density at radius 3 is 0.850 bits per heavy atom. The quantitative estimate of drug-likeness (QED) is 0.120. The van der Waals surface area contributed by atoms with Crippen LogP contribution in [0.15, 0.2) is 97.1 Å². The van der Waals surface area contributed by atoms with Crippen LogP contribution in [-0.2, 0) is 58.3 Å². The summed E-state index contributed by atoms with van der Waals surface area (Å²) in [6.45, 7) is 48.2. The van der Waals surface area contributed by atoms with Crippen molar-refractivity contribution >= 4 is 46.4 Å². The van der Waals surface area contributed by atoms with E-state index in [2.05, 4.69) is 236 Å². The second kappa shape index (κ2) is 20.4. The van der Waals surface area contributed by atoms with Crippen LogP contribution in [0.2, 0.25) is 0 Å². The molecule has 0 fully saturated rings. The molecule has 6 rings (SSSR count). The van der Waals surface area contributed by atoms with Crippen molar-refractivity contribution in [2.75, 3.05) is 0 Å². The Bertz CT molecular complexity index is 2060. The van der Waals surface area contributed by atoms with Crippen LogP contribution in [0.4, 0.5) is 0 Å². The van der Waals surface area contributed by atoms with E-state index in [1.54, 1.807) is 0 Å². The first-order valence-corrected chi connectivity index (χ1v) is 21.3. The SMILES string of the molecule is CC(C)(C)c1cc(-c2cccc3[cH-]c(C(C)(C)C)cc23)cc(C(C)(C)C)c1.CC(C)(C)c1cc(-c2cccc3[cH-]c(C(C)(C)C)cc23)cc(C(C)(C)C)c1.Cl.Cl.[CH2-]C[CH2-].[Hf+4]. The molecule has 0 nitrogen and oxygen atoms in total. The molecular weight excluding hydrogens is 934 g/mol. The van der Waals surface area contributed by atoms with Gasteiger partial charge in [0, 0.05) is 0 Å². The zero-order valence-electron chi connectivity index (χ0n) is 40.7. The number of halogens is 2. The minimum absolute atomic E-state index is 0. The van der Waals surface area contributed by atoms with Gasteiger partial charge >= 0.3 is 25.8 Å². The first-order chi connectivity index (χ1) is 25.9. The van der Waals surface area contributed by atoms with Gasteiger partial charge < -0.3 is 20.3 Å². The molecule has 60 heavy (non-hydrogen) atoms. The van der Waals surface area contributed by atoms with Gasteiger partial charge in [-0.1, -0.05) is 184 Å². The van der Waals surface area contributed by atoms with E-state index in [0.29, 0.717) is 0 Å². The zero-order chi connectivity index (χ0) is 43.1. The maximum absolute atomic E-state index is 3.38. The number of rotatable bonds is 2. The molecule has 0 heterocycles. The van der Waals surface area contributed by atoms with Crippen molar-refractivity contribution < 1.29 is 25.8 Å². The van der Waals surface area contributed by atoms with Gasteiger partial charge in [0.25, 0.3) is 0 Å². The fraction of sp³-hybridized carbons (Fsp3) is 0.439. The molecular formula is C57H78Cl2Hf. The van der Waals surface area contributed by atoms with Gasteiger partial charge in [-0.3, -0.25) is 0 Å². The van der Waals surface area contributed by atoms with Gasteiger partial charge in [-0.15, -0.1) is 93.9 Å². The molecule has 6 aromatic rings. The molecule has 0 aliphatic heterocycles. The summed E-state index contributed by atoms with van der Waals surface area (Å²) in [5, 5.41) is 5.42. The minimum atomic E-state index is 0. The van der Waals surface area contributed by atoms with Crippen LogP contribution >= 0.6 is 24.8 Å². The van der Waals surface area contributed by atoms with Gasteiger partial charge in [0.15, 0.2) is 0 Å². The standard InChI is InChI=1S/2C27H35.C3H6.2ClH.Hf/c2*1-25(2,3)20-14-19(15-21(16-20)26(4,5)6)23-12-10-11-18-13-22(17-24(18)23)27(7,8)9;1-3-2;;;/h2*10-17H,1-9H3;1-3H2;2*1H;/q2*-1;-2;;;+4. The van der Waals surface area contributed by atoms with E-state index in [9.17, 15) is 0 Å². The Hall–Kier alpha value is -2.45. The van der Waals surface area contributed by atoms with E-state index in [1.807, 2.05) is 0 Å². The second-order valence-corrected chi connectivity index (χ2v) is 22.6. The Balaban J connectivity index is 0.000000538. The van der Waals surface area contributed by atoms with Crippen LogP contribution in [0.1, 0.15) is 164 Å². The van der Waals surface area contributed by atoms with Crippen molar-refractivity contribution in [3.8, 4) is 22.3 Å². The monoisotopic (exact) mass is 1010 g/mol. The molecule has 0 spiro atoms. The molecule has 3 heteroatoms. The predicted octanol–water partition coefficient (Wildman–Crippen LogP) is 18.1. The van der Waals surface area contributed by atoms with Crippen molar-refractivity contribution in [2.45, 2.75) is 164 Å². The summed E-state index contributed by atoms with van der Waals surface area (Å²) in [7, 11) is 0. The zero-order valence-corrected chi connectivity index (χ0v) is 45.9. The smallest absolute Gasteiger partial charge is 0.372 e. The molecule has 0 bridgehead atoms. The van der Waals surface area contributed by atoms with Crippen molar-refractivity contribution in [2.24, 2.45) is 0 Å². The summed E-state index contributed by atoms with van der Waals surface area (Å²) >= 11 is 0. The van der Waals surface area contributed by atoms with E-state index < -0.39 is 0 Å². The van der Waals surface area contributed by atoms with Crippen LogP contribution in [-0.4, -0.2) is 0 Å². The Kier molecular flexibility index (Phi) is 18.9. The number of hydrogen-bond donors (Lipinski definition) is 0. The maximum atomic E-state index is 3.38. The van der Waals surface area contributed by atoms with E-state index in [4.69, 9.17) is 0 Å². The van der Waals surface area contributed by atoms with Crippen LogP contribution < -0.4 is 0 Å². The number of hydrogen-bond acceptors (Lipinski definition) is 0. The van der Waals surface area contributed by atoms with Gasteiger partial charge in [-0.05, 0) is 65.9 Å². The fourth-order valence-corrected chi connectivity index (χ4v) is 7.14. The average molecular weight is 1010 g/mol. The molecule has 324 valence electrons. The van der Waals surface area contributed by atoms with Crippen molar-refractivity contribution in [1.29, 1.82) is 0 Å². The predicted molar refractivity (Wildman–Crippen MR) is 272 cm³/mol.